The summed E-state index contributed by atoms with van der Waals surface area (Å²) in [7, 11) is 1.79. The lowest BCUT2D eigenvalue weighted by molar-refractivity contribution is 0.161. The van der Waals surface area contributed by atoms with E-state index in [1.54, 1.807) is 7.11 Å². The average molecular weight is 311 g/mol. The summed E-state index contributed by atoms with van der Waals surface area (Å²) in [5.74, 6) is 1.15. The molecule has 1 aliphatic rings. The Morgan fingerprint density at radius 3 is 2.95 bits per heavy atom. The van der Waals surface area contributed by atoms with Gasteiger partial charge in [0.05, 0.1) is 12.3 Å². The van der Waals surface area contributed by atoms with Gasteiger partial charge in [0.2, 0.25) is 0 Å². The van der Waals surface area contributed by atoms with E-state index in [-0.39, 0.29) is 0 Å². The molecular formula is C16H29N3OS. The van der Waals surface area contributed by atoms with Gasteiger partial charge < -0.3 is 15.0 Å². The summed E-state index contributed by atoms with van der Waals surface area (Å²) in [4.78, 5) is 8.77. The smallest absolute Gasteiger partial charge is 0.185 e. The van der Waals surface area contributed by atoms with Crippen molar-refractivity contribution in [1.82, 2.24) is 10.3 Å². The van der Waals surface area contributed by atoms with Crippen molar-refractivity contribution in [2.24, 2.45) is 5.92 Å². The van der Waals surface area contributed by atoms with E-state index in [0.29, 0.717) is 11.8 Å². The Hall–Kier alpha value is -0.650. The fourth-order valence-electron chi connectivity index (χ4n) is 2.82. The fraction of sp³-hybridized carbons (Fsp3) is 0.812. The second kappa shape index (κ2) is 8.11. The number of thiazole rings is 1. The number of aromatic nitrogens is 1. The van der Waals surface area contributed by atoms with Crippen LogP contribution in [0.1, 0.15) is 50.1 Å². The molecule has 2 heterocycles. The molecule has 0 spiro atoms. The second-order valence-corrected chi connectivity index (χ2v) is 7.25. The molecule has 0 saturated carbocycles. The van der Waals surface area contributed by atoms with E-state index in [1.165, 1.54) is 28.5 Å². The normalized spacial score (nSPS) is 18.9. The first-order valence-corrected chi connectivity index (χ1v) is 8.91. The molecule has 1 fully saturated rings. The molecule has 4 nitrogen and oxygen atoms in total. The highest BCUT2D eigenvalue weighted by Gasteiger charge is 2.26. The van der Waals surface area contributed by atoms with Crippen LogP contribution in [0.2, 0.25) is 0 Å². The molecule has 0 aliphatic carbocycles. The Labute approximate surface area is 132 Å². The first-order chi connectivity index (χ1) is 10.2. The molecule has 1 unspecified atom stereocenters. The number of anilines is 1. The van der Waals surface area contributed by atoms with E-state index >= 15 is 0 Å². The maximum Gasteiger partial charge on any atom is 0.185 e. The van der Waals surface area contributed by atoms with Crippen molar-refractivity contribution in [3.05, 3.63) is 10.6 Å². The van der Waals surface area contributed by atoms with Crippen molar-refractivity contribution < 1.29 is 4.74 Å². The Balaban J connectivity index is 2.05. The van der Waals surface area contributed by atoms with Crippen LogP contribution in [-0.4, -0.2) is 38.3 Å². The lowest BCUT2D eigenvalue weighted by atomic mass is 10.1. The third kappa shape index (κ3) is 4.41. The van der Waals surface area contributed by atoms with E-state index in [9.17, 15) is 0 Å². The third-order valence-electron chi connectivity index (χ3n) is 3.93. The summed E-state index contributed by atoms with van der Waals surface area (Å²) < 4.78 is 5.29. The highest BCUT2D eigenvalue weighted by Crippen LogP contribution is 2.33. The SMILES string of the molecule is CCCNCc1sc(N2CCC(COC)C2)nc1C(C)C. The molecule has 1 N–H and O–H groups in total. The zero-order chi connectivity index (χ0) is 15.2. The van der Waals surface area contributed by atoms with E-state index in [2.05, 4.69) is 31.0 Å². The first kappa shape index (κ1) is 16.7. The minimum Gasteiger partial charge on any atom is -0.384 e. The van der Waals surface area contributed by atoms with Gasteiger partial charge in [0.25, 0.3) is 0 Å². The van der Waals surface area contributed by atoms with Gasteiger partial charge in [0, 0.05) is 37.5 Å². The molecule has 0 bridgehead atoms. The standard InChI is InChI=1S/C16H29N3OS/c1-5-7-17-9-14-15(12(2)3)18-16(21-14)19-8-6-13(10-19)11-20-4/h12-13,17H,5-11H2,1-4H3. The van der Waals surface area contributed by atoms with Crippen molar-refractivity contribution in [2.75, 3.05) is 38.3 Å². The van der Waals surface area contributed by atoms with Crippen molar-refractivity contribution in [3.8, 4) is 0 Å². The predicted octanol–water partition coefficient (Wildman–Crippen LogP) is 3.24. The van der Waals surface area contributed by atoms with Gasteiger partial charge in [-0.25, -0.2) is 4.98 Å². The van der Waals surface area contributed by atoms with Crippen LogP contribution in [0.5, 0.6) is 0 Å². The van der Waals surface area contributed by atoms with Crippen LogP contribution in [0, 0.1) is 5.92 Å². The molecule has 1 atom stereocenters. The van der Waals surface area contributed by atoms with E-state index < -0.39 is 0 Å². The summed E-state index contributed by atoms with van der Waals surface area (Å²) in [6.07, 6.45) is 2.39. The van der Waals surface area contributed by atoms with Crippen LogP contribution in [0.3, 0.4) is 0 Å². The lowest BCUT2D eigenvalue weighted by Crippen LogP contribution is -2.20. The number of hydrogen-bond donors (Lipinski definition) is 1. The van der Waals surface area contributed by atoms with Crippen molar-refractivity contribution in [2.45, 2.75) is 46.1 Å². The first-order valence-electron chi connectivity index (χ1n) is 8.09. The summed E-state index contributed by atoms with van der Waals surface area (Å²) >= 11 is 1.87. The number of nitrogens with zero attached hydrogens (tertiary/aromatic N) is 2. The molecule has 0 radical (unpaired) electrons. The summed E-state index contributed by atoms with van der Waals surface area (Å²) in [5, 5.41) is 4.71. The third-order valence-corrected chi connectivity index (χ3v) is 5.07. The maximum absolute atomic E-state index is 5.29. The number of ether oxygens (including phenoxy) is 1. The van der Waals surface area contributed by atoms with Gasteiger partial charge in [-0.3, -0.25) is 0 Å². The average Bonchev–Trinajstić information content (AvgIpc) is 3.06. The minimum absolute atomic E-state index is 0.491. The zero-order valence-electron chi connectivity index (χ0n) is 13.8. The lowest BCUT2D eigenvalue weighted by Gasteiger charge is -2.14. The van der Waals surface area contributed by atoms with Crippen LogP contribution in [0.25, 0.3) is 0 Å². The number of hydrogen-bond acceptors (Lipinski definition) is 5. The van der Waals surface area contributed by atoms with Gasteiger partial charge in [0.15, 0.2) is 5.13 Å². The molecule has 1 aliphatic heterocycles. The molecule has 21 heavy (non-hydrogen) atoms. The Morgan fingerprint density at radius 1 is 1.48 bits per heavy atom. The van der Waals surface area contributed by atoms with Crippen LogP contribution >= 0.6 is 11.3 Å². The van der Waals surface area contributed by atoms with Crippen LogP contribution in [-0.2, 0) is 11.3 Å². The van der Waals surface area contributed by atoms with Gasteiger partial charge in [-0.15, -0.1) is 11.3 Å². The molecule has 2 rings (SSSR count). The van der Waals surface area contributed by atoms with Crippen molar-refractivity contribution in [1.29, 1.82) is 0 Å². The van der Waals surface area contributed by atoms with Gasteiger partial charge >= 0.3 is 0 Å². The largest absolute Gasteiger partial charge is 0.384 e. The predicted molar refractivity (Wildman–Crippen MR) is 90.4 cm³/mol. The van der Waals surface area contributed by atoms with E-state index in [4.69, 9.17) is 9.72 Å². The van der Waals surface area contributed by atoms with E-state index in [0.717, 1.165) is 32.8 Å². The Bertz CT molecular complexity index is 433. The molecule has 120 valence electrons. The molecular weight excluding hydrogens is 282 g/mol. The Kier molecular flexibility index (Phi) is 6.45. The molecule has 1 aromatic rings. The molecule has 5 heteroatoms. The highest BCUT2D eigenvalue weighted by atomic mass is 32.1. The topological polar surface area (TPSA) is 37.4 Å². The fourth-order valence-corrected chi connectivity index (χ4v) is 4.04. The minimum atomic E-state index is 0.491. The van der Waals surface area contributed by atoms with Gasteiger partial charge in [0.1, 0.15) is 0 Å². The number of nitrogens with one attached hydrogen (secondary N) is 1. The summed E-state index contributed by atoms with van der Waals surface area (Å²) in [6.45, 7) is 11.8. The second-order valence-electron chi connectivity index (χ2n) is 6.19. The summed E-state index contributed by atoms with van der Waals surface area (Å²) in [6, 6.07) is 0. The van der Waals surface area contributed by atoms with Gasteiger partial charge in [-0.2, -0.15) is 0 Å². The Morgan fingerprint density at radius 2 is 2.29 bits per heavy atom. The quantitative estimate of drug-likeness (QED) is 0.748. The number of rotatable bonds is 8. The molecule has 1 saturated heterocycles. The summed E-state index contributed by atoms with van der Waals surface area (Å²) in [5.41, 5.74) is 1.27. The van der Waals surface area contributed by atoms with Crippen molar-refractivity contribution in [3.63, 3.8) is 0 Å². The number of methoxy groups -OCH3 is 1. The van der Waals surface area contributed by atoms with Crippen LogP contribution < -0.4 is 10.2 Å². The van der Waals surface area contributed by atoms with Crippen LogP contribution in [0.4, 0.5) is 5.13 Å². The molecule has 0 aromatic carbocycles. The highest BCUT2D eigenvalue weighted by molar-refractivity contribution is 7.15. The van der Waals surface area contributed by atoms with Crippen molar-refractivity contribution >= 4 is 16.5 Å². The van der Waals surface area contributed by atoms with Crippen LogP contribution in [0.15, 0.2) is 0 Å². The maximum atomic E-state index is 5.29. The monoisotopic (exact) mass is 311 g/mol. The van der Waals surface area contributed by atoms with Gasteiger partial charge in [-0.1, -0.05) is 20.8 Å². The van der Waals surface area contributed by atoms with Gasteiger partial charge in [-0.05, 0) is 25.3 Å². The molecule has 0 amide bonds. The van der Waals surface area contributed by atoms with E-state index in [1.807, 2.05) is 11.3 Å². The zero-order valence-corrected chi connectivity index (χ0v) is 14.6. The molecule has 1 aromatic heterocycles.